The number of benzene rings is 1. The van der Waals surface area contributed by atoms with E-state index in [-0.39, 0.29) is 18.5 Å². The van der Waals surface area contributed by atoms with Gasteiger partial charge < -0.3 is 5.32 Å². The highest BCUT2D eigenvalue weighted by molar-refractivity contribution is 7.98. The molecule has 1 aliphatic rings. The fourth-order valence-electron chi connectivity index (χ4n) is 2.40. The highest BCUT2D eigenvalue weighted by atomic mass is 32.2. The van der Waals surface area contributed by atoms with Crippen molar-refractivity contribution in [3.63, 3.8) is 0 Å². The van der Waals surface area contributed by atoms with Crippen molar-refractivity contribution < 1.29 is 9.59 Å². The lowest BCUT2D eigenvalue weighted by Gasteiger charge is -2.10. The average molecular weight is 331 g/mol. The Labute approximate surface area is 138 Å². The number of nitrogens with one attached hydrogen (secondary N) is 1. The molecule has 1 atom stereocenters. The zero-order valence-electron chi connectivity index (χ0n) is 12.7. The van der Waals surface area contributed by atoms with E-state index in [1.165, 1.54) is 4.90 Å². The minimum atomic E-state index is -0.431. The van der Waals surface area contributed by atoms with Crippen LogP contribution >= 0.6 is 11.8 Å². The average Bonchev–Trinajstić information content (AvgIpc) is 3.14. The van der Waals surface area contributed by atoms with Crippen molar-refractivity contribution in [2.24, 2.45) is 0 Å². The van der Waals surface area contributed by atoms with Gasteiger partial charge in [-0.05, 0) is 30.6 Å². The number of hydrogen-bond acceptors (Lipinski definition) is 5. The van der Waals surface area contributed by atoms with E-state index in [4.69, 9.17) is 0 Å². The molecule has 1 aromatic heterocycles. The summed E-state index contributed by atoms with van der Waals surface area (Å²) in [7, 11) is 0. The minimum Gasteiger partial charge on any atom is -0.326 e. The number of hydrogen-bond donors (Lipinski definition) is 1. The topological polar surface area (TPSA) is 80.1 Å². The maximum absolute atomic E-state index is 12.3. The van der Waals surface area contributed by atoms with E-state index in [0.717, 1.165) is 11.4 Å². The van der Waals surface area contributed by atoms with Crippen LogP contribution in [-0.2, 0) is 11.3 Å². The van der Waals surface area contributed by atoms with Gasteiger partial charge in [-0.2, -0.15) is 11.8 Å². The van der Waals surface area contributed by atoms with E-state index >= 15 is 0 Å². The summed E-state index contributed by atoms with van der Waals surface area (Å²) in [6.07, 6.45) is 4.34. The molecule has 1 unspecified atom stereocenters. The number of urea groups is 1. The molecule has 0 bridgehead atoms. The third kappa shape index (κ3) is 3.37. The Kier molecular flexibility index (Phi) is 4.61. The van der Waals surface area contributed by atoms with Gasteiger partial charge in [-0.15, -0.1) is 5.10 Å². The van der Waals surface area contributed by atoms with Gasteiger partial charge in [0.15, 0.2) is 0 Å². The fraction of sp³-hybridized carbons (Fsp3) is 0.333. The molecule has 1 fully saturated rings. The summed E-state index contributed by atoms with van der Waals surface area (Å²) >= 11 is 1.65. The third-order valence-corrected chi connectivity index (χ3v) is 4.24. The van der Waals surface area contributed by atoms with Gasteiger partial charge in [0.1, 0.15) is 11.7 Å². The van der Waals surface area contributed by atoms with Crippen LogP contribution in [0.1, 0.15) is 12.1 Å². The smallest absolute Gasteiger partial charge is 0.325 e. The lowest BCUT2D eigenvalue weighted by molar-refractivity contribution is -0.127. The SMILES string of the molecule is CSCCC1NC(=O)N(Cc2cn(-c3ccccc3)nn2)C1=O. The Morgan fingerprint density at radius 2 is 2.04 bits per heavy atom. The molecule has 1 saturated heterocycles. The normalized spacial score (nSPS) is 17.6. The molecule has 23 heavy (non-hydrogen) atoms. The molecule has 2 aromatic rings. The molecule has 8 heteroatoms. The molecule has 0 spiro atoms. The summed E-state index contributed by atoms with van der Waals surface area (Å²) in [4.78, 5) is 25.5. The molecule has 2 heterocycles. The Morgan fingerprint density at radius 3 is 2.78 bits per heavy atom. The van der Waals surface area contributed by atoms with Gasteiger partial charge in [-0.3, -0.25) is 9.69 Å². The predicted molar refractivity (Wildman–Crippen MR) is 87.2 cm³/mol. The molecule has 3 amide bonds. The first-order valence-corrected chi connectivity index (χ1v) is 8.66. The molecule has 1 N–H and O–H groups in total. The Balaban J connectivity index is 1.69. The molecular formula is C15H17N5O2S. The number of carbonyl (C=O) groups excluding carboxylic acids is 2. The van der Waals surface area contributed by atoms with E-state index < -0.39 is 6.04 Å². The van der Waals surface area contributed by atoms with Gasteiger partial charge in [-0.25, -0.2) is 9.48 Å². The van der Waals surface area contributed by atoms with Crippen LogP contribution in [0.2, 0.25) is 0 Å². The third-order valence-electron chi connectivity index (χ3n) is 3.60. The quantitative estimate of drug-likeness (QED) is 0.810. The number of amides is 3. The van der Waals surface area contributed by atoms with E-state index in [9.17, 15) is 9.59 Å². The number of nitrogens with zero attached hydrogens (tertiary/aromatic N) is 4. The Bertz CT molecular complexity index is 703. The Hall–Kier alpha value is -2.35. The highest BCUT2D eigenvalue weighted by Gasteiger charge is 2.37. The fourth-order valence-corrected chi connectivity index (χ4v) is 2.87. The number of aromatic nitrogens is 3. The monoisotopic (exact) mass is 331 g/mol. The molecule has 7 nitrogen and oxygen atoms in total. The van der Waals surface area contributed by atoms with Gasteiger partial charge >= 0.3 is 6.03 Å². The van der Waals surface area contributed by atoms with Crippen LogP contribution in [0.3, 0.4) is 0 Å². The second-order valence-electron chi connectivity index (χ2n) is 5.20. The van der Waals surface area contributed by atoms with Gasteiger partial charge in [0, 0.05) is 0 Å². The second kappa shape index (κ2) is 6.82. The van der Waals surface area contributed by atoms with Gasteiger partial charge in [0.25, 0.3) is 5.91 Å². The summed E-state index contributed by atoms with van der Waals surface area (Å²) < 4.78 is 1.62. The van der Waals surface area contributed by atoms with Gasteiger partial charge in [0.05, 0.1) is 18.4 Å². The van der Waals surface area contributed by atoms with Crippen molar-refractivity contribution in [3.05, 3.63) is 42.2 Å². The van der Waals surface area contributed by atoms with Gasteiger partial charge in [-0.1, -0.05) is 23.4 Å². The molecule has 0 saturated carbocycles. The van der Waals surface area contributed by atoms with Crippen molar-refractivity contribution in [2.45, 2.75) is 19.0 Å². The highest BCUT2D eigenvalue weighted by Crippen LogP contribution is 2.15. The van der Waals surface area contributed by atoms with E-state index in [0.29, 0.717) is 12.1 Å². The maximum Gasteiger partial charge on any atom is 0.325 e. The first kappa shape index (κ1) is 15.5. The van der Waals surface area contributed by atoms with Crippen LogP contribution in [0.5, 0.6) is 0 Å². The van der Waals surface area contributed by atoms with Crippen molar-refractivity contribution in [1.29, 1.82) is 0 Å². The minimum absolute atomic E-state index is 0.132. The summed E-state index contributed by atoms with van der Waals surface area (Å²) in [6, 6.07) is 8.75. The molecule has 0 aliphatic carbocycles. The first-order valence-electron chi connectivity index (χ1n) is 7.26. The van der Waals surface area contributed by atoms with Crippen molar-refractivity contribution in [2.75, 3.05) is 12.0 Å². The predicted octanol–water partition coefficient (Wildman–Crippen LogP) is 1.44. The lowest BCUT2D eigenvalue weighted by atomic mass is 10.2. The zero-order valence-corrected chi connectivity index (χ0v) is 13.5. The standard InChI is InChI=1S/C15H17N5O2S/c1-23-8-7-13-14(21)19(15(22)16-13)9-11-10-20(18-17-11)12-5-3-2-4-6-12/h2-6,10,13H,7-9H2,1H3,(H,16,22). The van der Waals surface area contributed by atoms with Crippen molar-refractivity contribution in [1.82, 2.24) is 25.2 Å². The molecule has 0 radical (unpaired) electrons. The van der Waals surface area contributed by atoms with E-state index in [1.54, 1.807) is 22.6 Å². The molecular weight excluding hydrogens is 314 g/mol. The summed E-state index contributed by atoms with van der Waals surface area (Å²) in [5.41, 5.74) is 1.45. The zero-order chi connectivity index (χ0) is 16.2. The first-order chi connectivity index (χ1) is 11.2. The number of para-hydroxylation sites is 1. The van der Waals surface area contributed by atoms with Crippen LogP contribution in [-0.4, -0.2) is 49.9 Å². The van der Waals surface area contributed by atoms with E-state index in [1.807, 2.05) is 36.6 Å². The summed E-state index contributed by atoms with van der Waals surface area (Å²) in [5.74, 6) is 0.632. The Morgan fingerprint density at radius 1 is 1.26 bits per heavy atom. The maximum atomic E-state index is 12.3. The van der Waals surface area contributed by atoms with Crippen LogP contribution in [0.25, 0.3) is 5.69 Å². The second-order valence-corrected chi connectivity index (χ2v) is 6.18. The van der Waals surface area contributed by atoms with Crippen LogP contribution in [0.4, 0.5) is 4.79 Å². The van der Waals surface area contributed by atoms with Crippen LogP contribution < -0.4 is 5.32 Å². The van der Waals surface area contributed by atoms with Crippen molar-refractivity contribution >= 4 is 23.7 Å². The number of imide groups is 1. The van der Waals surface area contributed by atoms with E-state index in [2.05, 4.69) is 15.6 Å². The van der Waals surface area contributed by atoms with Gasteiger partial charge in [0.2, 0.25) is 0 Å². The number of carbonyl (C=O) groups is 2. The molecule has 1 aliphatic heterocycles. The van der Waals surface area contributed by atoms with Crippen LogP contribution in [0.15, 0.2) is 36.5 Å². The largest absolute Gasteiger partial charge is 0.326 e. The molecule has 3 rings (SSSR count). The van der Waals surface area contributed by atoms with Crippen molar-refractivity contribution in [3.8, 4) is 5.69 Å². The molecule has 120 valence electrons. The summed E-state index contributed by atoms with van der Waals surface area (Å²) in [5, 5.41) is 10.8. The van der Waals surface area contributed by atoms with Crippen LogP contribution in [0, 0.1) is 0 Å². The number of rotatable bonds is 6. The molecule has 1 aromatic carbocycles. The lowest BCUT2D eigenvalue weighted by Crippen LogP contribution is -2.31. The summed E-state index contributed by atoms with van der Waals surface area (Å²) in [6.45, 7) is 0.132. The number of thioether (sulfide) groups is 1.